The lowest BCUT2D eigenvalue weighted by Gasteiger charge is -2.07. The highest BCUT2D eigenvalue weighted by Crippen LogP contribution is 2.19. The molecule has 3 aromatic rings. The number of nitrogens with one attached hydrogen (secondary N) is 1. The molecule has 0 atom stereocenters. The molecule has 0 bridgehead atoms. The highest BCUT2D eigenvalue weighted by Gasteiger charge is 2.12. The monoisotopic (exact) mass is 340 g/mol. The lowest BCUT2D eigenvalue weighted by atomic mass is 10.1. The molecule has 3 N–H and O–H groups in total. The molecule has 0 aliphatic heterocycles. The molecule has 2 aromatic carbocycles. The van der Waals surface area contributed by atoms with Gasteiger partial charge in [0, 0.05) is 16.8 Å². The van der Waals surface area contributed by atoms with Crippen molar-refractivity contribution in [2.45, 2.75) is 6.92 Å². The van der Waals surface area contributed by atoms with E-state index in [0.717, 1.165) is 6.07 Å². The summed E-state index contributed by atoms with van der Waals surface area (Å²) >= 11 is 0. The second kappa shape index (κ2) is 6.52. The van der Waals surface area contributed by atoms with Gasteiger partial charge in [-0.3, -0.25) is 9.59 Å². The van der Waals surface area contributed by atoms with Crippen molar-refractivity contribution in [2.24, 2.45) is 5.73 Å². The van der Waals surface area contributed by atoms with Crippen molar-refractivity contribution in [2.75, 3.05) is 5.32 Å². The molecule has 25 heavy (non-hydrogen) atoms. The van der Waals surface area contributed by atoms with Crippen molar-refractivity contribution in [3.8, 4) is 11.5 Å². The number of rotatable bonds is 4. The number of carbonyl (C=O) groups is 2. The molecule has 7 nitrogen and oxygen atoms in total. The van der Waals surface area contributed by atoms with E-state index in [4.69, 9.17) is 10.3 Å². The van der Waals surface area contributed by atoms with Crippen molar-refractivity contribution in [3.05, 3.63) is 65.2 Å². The fourth-order valence-corrected chi connectivity index (χ4v) is 2.17. The Balaban J connectivity index is 1.77. The van der Waals surface area contributed by atoms with Gasteiger partial charge < -0.3 is 15.6 Å². The molecule has 3 rings (SSSR count). The van der Waals surface area contributed by atoms with Crippen LogP contribution in [0.5, 0.6) is 0 Å². The summed E-state index contributed by atoms with van der Waals surface area (Å²) in [6.07, 6.45) is 0. The lowest BCUT2D eigenvalue weighted by molar-refractivity contribution is 0.0992. The van der Waals surface area contributed by atoms with E-state index in [9.17, 15) is 14.0 Å². The first-order valence-corrected chi connectivity index (χ1v) is 7.25. The maximum absolute atomic E-state index is 13.5. The molecular weight excluding hydrogens is 327 g/mol. The molecule has 0 aliphatic rings. The Kier molecular flexibility index (Phi) is 4.25. The lowest BCUT2D eigenvalue weighted by Crippen LogP contribution is -2.16. The predicted molar refractivity (Wildman–Crippen MR) is 87.3 cm³/mol. The molecule has 8 heteroatoms. The summed E-state index contributed by atoms with van der Waals surface area (Å²) < 4.78 is 18.5. The highest BCUT2D eigenvalue weighted by molar-refractivity contribution is 6.05. The zero-order chi connectivity index (χ0) is 18.0. The number of carbonyl (C=O) groups excluding carboxylic acids is 2. The van der Waals surface area contributed by atoms with Crippen LogP contribution >= 0.6 is 0 Å². The minimum atomic E-state index is -0.909. The molecular formula is C17H13FN4O3. The van der Waals surface area contributed by atoms with Crippen molar-refractivity contribution in [1.29, 1.82) is 0 Å². The van der Waals surface area contributed by atoms with Gasteiger partial charge in [-0.25, -0.2) is 4.39 Å². The molecule has 2 amide bonds. The van der Waals surface area contributed by atoms with E-state index < -0.39 is 17.6 Å². The molecule has 0 radical (unpaired) electrons. The molecule has 1 aromatic heterocycles. The number of aromatic nitrogens is 2. The van der Waals surface area contributed by atoms with Crippen LogP contribution in [0.2, 0.25) is 0 Å². The van der Waals surface area contributed by atoms with Gasteiger partial charge in [-0.2, -0.15) is 4.98 Å². The highest BCUT2D eigenvalue weighted by atomic mass is 19.1. The van der Waals surface area contributed by atoms with Crippen LogP contribution in [-0.4, -0.2) is 22.0 Å². The topological polar surface area (TPSA) is 111 Å². The number of anilines is 1. The second-order valence-corrected chi connectivity index (χ2v) is 5.24. The summed E-state index contributed by atoms with van der Waals surface area (Å²) in [5, 5.41) is 6.28. The standard InChI is InChI=1S/C17H13FN4O3/c1-9-20-17(25-22-9)11-4-2-10(3-5-11)16(24)21-12-6-7-14(18)13(8-12)15(19)23/h2-8H,1H3,(H2,19,23)(H,21,24). The van der Waals surface area contributed by atoms with E-state index in [0.29, 0.717) is 22.8 Å². The second-order valence-electron chi connectivity index (χ2n) is 5.24. The number of benzene rings is 2. The molecule has 0 fully saturated rings. The Labute approximate surface area is 141 Å². The fourth-order valence-electron chi connectivity index (χ4n) is 2.17. The molecule has 0 saturated carbocycles. The number of halogens is 1. The summed E-state index contributed by atoms with van der Waals surface area (Å²) in [5.74, 6) is -1.21. The van der Waals surface area contributed by atoms with E-state index >= 15 is 0 Å². The van der Waals surface area contributed by atoms with Gasteiger partial charge in [0.25, 0.3) is 17.7 Å². The van der Waals surface area contributed by atoms with E-state index in [1.165, 1.54) is 12.1 Å². The van der Waals surface area contributed by atoms with Crippen LogP contribution in [0.25, 0.3) is 11.5 Å². The normalized spacial score (nSPS) is 10.5. The number of hydrogen-bond donors (Lipinski definition) is 2. The summed E-state index contributed by atoms with van der Waals surface area (Å²) in [5.41, 5.74) is 6.10. The van der Waals surface area contributed by atoms with Gasteiger partial charge in [0.2, 0.25) is 0 Å². The minimum absolute atomic E-state index is 0.261. The van der Waals surface area contributed by atoms with Crippen LogP contribution in [-0.2, 0) is 0 Å². The molecule has 1 heterocycles. The zero-order valence-electron chi connectivity index (χ0n) is 13.1. The Hall–Kier alpha value is -3.55. The van der Waals surface area contributed by atoms with E-state index in [2.05, 4.69) is 15.5 Å². The van der Waals surface area contributed by atoms with Gasteiger partial charge in [0.1, 0.15) is 5.82 Å². The van der Waals surface area contributed by atoms with Gasteiger partial charge in [0.15, 0.2) is 5.82 Å². The van der Waals surface area contributed by atoms with Crippen LogP contribution in [0.15, 0.2) is 47.0 Å². The van der Waals surface area contributed by atoms with E-state index in [-0.39, 0.29) is 11.3 Å². The summed E-state index contributed by atoms with van der Waals surface area (Å²) in [7, 11) is 0. The number of aryl methyl sites for hydroxylation is 1. The third-order valence-electron chi connectivity index (χ3n) is 3.41. The van der Waals surface area contributed by atoms with Gasteiger partial charge in [-0.05, 0) is 49.4 Å². The third kappa shape index (κ3) is 3.52. The Morgan fingerprint density at radius 3 is 2.48 bits per heavy atom. The Morgan fingerprint density at radius 1 is 1.16 bits per heavy atom. The van der Waals surface area contributed by atoms with Crippen molar-refractivity contribution >= 4 is 17.5 Å². The van der Waals surface area contributed by atoms with Crippen LogP contribution in [0.4, 0.5) is 10.1 Å². The number of amides is 2. The molecule has 126 valence electrons. The number of nitrogens with two attached hydrogens (primary N) is 1. The van der Waals surface area contributed by atoms with Crippen LogP contribution in [0, 0.1) is 12.7 Å². The summed E-state index contributed by atoms with van der Waals surface area (Å²) in [6.45, 7) is 1.71. The fraction of sp³-hybridized carbons (Fsp3) is 0.0588. The average molecular weight is 340 g/mol. The first kappa shape index (κ1) is 16.3. The van der Waals surface area contributed by atoms with Crippen molar-refractivity contribution in [3.63, 3.8) is 0 Å². The van der Waals surface area contributed by atoms with Gasteiger partial charge in [0.05, 0.1) is 5.56 Å². The first-order chi connectivity index (χ1) is 11.9. The number of primary amides is 1. The number of nitrogens with zero attached hydrogens (tertiary/aromatic N) is 2. The average Bonchev–Trinajstić information content (AvgIpc) is 3.03. The minimum Gasteiger partial charge on any atom is -0.366 e. The number of hydrogen-bond acceptors (Lipinski definition) is 5. The smallest absolute Gasteiger partial charge is 0.257 e. The SMILES string of the molecule is Cc1noc(-c2ccc(C(=O)Nc3ccc(F)c(C(N)=O)c3)cc2)n1. The first-order valence-electron chi connectivity index (χ1n) is 7.25. The van der Waals surface area contributed by atoms with Crippen LogP contribution in [0.1, 0.15) is 26.5 Å². The van der Waals surface area contributed by atoms with Gasteiger partial charge in [-0.1, -0.05) is 5.16 Å². The molecule has 0 spiro atoms. The maximum Gasteiger partial charge on any atom is 0.257 e. The zero-order valence-corrected chi connectivity index (χ0v) is 13.1. The van der Waals surface area contributed by atoms with E-state index in [1.807, 2.05) is 0 Å². The Morgan fingerprint density at radius 2 is 1.88 bits per heavy atom. The van der Waals surface area contributed by atoms with Crippen LogP contribution < -0.4 is 11.1 Å². The van der Waals surface area contributed by atoms with Crippen LogP contribution in [0.3, 0.4) is 0 Å². The predicted octanol–water partition coefficient (Wildman–Crippen LogP) is 2.54. The molecule has 0 aliphatic carbocycles. The largest absolute Gasteiger partial charge is 0.366 e. The molecule has 0 unspecified atom stereocenters. The molecule has 0 saturated heterocycles. The van der Waals surface area contributed by atoms with Gasteiger partial charge in [-0.15, -0.1) is 0 Å². The Bertz CT molecular complexity index is 951. The third-order valence-corrected chi connectivity index (χ3v) is 3.41. The summed E-state index contributed by atoms with van der Waals surface area (Å²) in [6, 6.07) is 10.1. The quantitative estimate of drug-likeness (QED) is 0.758. The van der Waals surface area contributed by atoms with Crippen molar-refractivity contribution < 1.29 is 18.5 Å². The summed E-state index contributed by atoms with van der Waals surface area (Å²) in [4.78, 5) is 27.5. The maximum atomic E-state index is 13.5. The van der Waals surface area contributed by atoms with Gasteiger partial charge >= 0.3 is 0 Å². The van der Waals surface area contributed by atoms with Crippen molar-refractivity contribution in [1.82, 2.24) is 10.1 Å². The van der Waals surface area contributed by atoms with E-state index in [1.54, 1.807) is 31.2 Å².